The first-order chi connectivity index (χ1) is 40.2. The first-order valence-electron chi connectivity index (χ1n) is 28.6. The summed E-state index contributed by atoms with van der Waals surface area (Å²) < 4.78 is 105. The molecule has 0 heterocycles. The van der Waals surface area contributed by atoms with Gasteiger partial charge in [-0.2, -0.15) is 0 Å². The van der Waals surface area contributed by atoms with Gasteiger partial charge in [-0.3, -0.25) is 46.7 Å². The van der Waals surface area contributed by atoms with Gasteiger partial charge in [0, 0.05) is 25.3 Å². The fraction of sp³-hybridized carbons (Fsp3) is 0.852. The molecule has 8 unspecified atom stereocenters. The molecule has 0 radical (unpaired) electrons. The first kappa shape index (κ1) is 91.3. The molecule has 510 valence electrons. The lowest BCUT2D eigenvalue weighted by Crippen LogP contribution is -2.27. The van der Waals surface area contributed by atoms with Crippen molar-refractivity contribution >= 4 is 86.5 Å². The molecule has 28 nitrogen and oxygen atoms in total. The van der Waals surface area contributed by atoms with Crippen molar-refractivity contribution in [1.29, 1.82) is 0 Å². The van der Waals surface area contributed by atoms with Crippen LogP contribution in [-0.4, -0.2) is 199 Å². The molecule has 0 saturated carbocycles. The number of ether oxygens (including phenoxy) is 8. The summed E-state index contributed by atoms with van der Waals surface area (Å²) in [4.78, 5) is 90.4. The van der Waals surface area contributed by atoms with Gasteiger partial charge in [0.05, 0.1) is 110 Å². The van der Waals surface area contributed by atoms with E-state index >= 15 is 0 Å². The maximum absolute atomic E-state index is 12.2. The molecule has 0 aromatic heterocycles. The molecule has 0 aliphatic heterocycles. The van der Waals surface area contributed by atoms with Crippen molar-refractivity contribution in [2.24, 2.45) is 29.6 Å². The maximum atomic E-state index is 12.2. The van der Waals surface area contributed by atoms with Gasteiger partial charge in [0.2, 0.25) is 0 Å². The Kier molecular flexibility index (Phi) is 59.1. The number of hydrogen-bond donors (Lipinski definition) is 3. The van der Waals surface area contributed by atoms with Crippen molar-refractivity contribution in [3.05, 3.63) is 0 Å². The summed E-state index contributed by atoms with van der Waals surface area (Å²) in [5.41, 5.74) is 0. The lowest BCUT2D eigenvalue weighted by molar-refractivity contribution is -0.154. The Bertz CT molecular complexity index is 1900. The van der Waals surface area contributed by atoms with Crippen LogP contribution in [0.4, 0.5) is 0 Å². The quantitative estimate of drug-likeness (QED) is 0.0171. The van der Waals surface area contributed by atoms with Gasteiger partial charge in [-0.15, -0.1) is 0 Å². The summed E-state index contributed by atoms with van der Waals surface area (Å²) in [6.07, 6.45) is 2.09. The predicted octanol–water partition coefficient (Wildman–Crippen LogP) is 8.02. The number of aliphatic hydroxyl groups excluding tert-OH is 3. The number of hydrogen-bond acceptors (Lipinski definition) is 28. The molecule has 8 atom stereocenters. The zero-order valence-corrected chi connectivity index (χ0v) is 58.0. The van der Waals surface area contributed by atoms with E-state index in [1.54, 1.807) is 48.5 Å². The fourth-order valence-corrected chi connectivity index (χ4v) is 8.65. The molecule has 0 aromatic carbocycles. The van der Waals surface area contributed by atoms with Crippen LogP contribution in [0, 0.1) is 29.6 Å². The highest BCUT2D eigenvalue weighted by atomic mass is 79.9. The van der Waals surface area contributed by atoms with Gasteiger partial charge in [-0.05, 0) is 88.5 Å². The zero-order chi connectivity index (χ0) is 67.5. The summed E-state index contributed by atoms with van der Waals surface area (Å²) in [5.74, 6) is -7.12. The van der Waals surface area contributed by atoms with Crippen molar-refractivity contribution in [3.63, 3.8) is 0 Å². The number of esters is 8. The number of aliphatic hydroxyl groups is 3. The van der Waals surface area contributed by atoms with Crippen LogP contribution in [0.25, 0.3) is 0 Å². The lowest BCUT2D eigenvalue weighted by atomic mass is 10.2. The van der Waals surface area contributed by atoms with E-state index < -0.39 is 120 Å². The van der Waals surface area contributed by atoms with E-state index in [0.717, 1.165) is 45.2 Å². The van der Waals surface area contributed by atoms with E-state index in [9.17, 15) is 52.1 Å². The van der Waals surface area contributed by atoms with Gasteiger partial charge in [-0.1, -0.05) is 62.9 Å². The number of alkyl halides is 1. The minimum atomic E-state index is -3.59. The summed E-state index contributed by atoms with van der Waals surface area (Å²) in [7, 11) is -10.5. The van der Waals surface area contributed by atoms with E-state index in [-0.39, 0.29) is 78.0 Å². The highest BCUT2D eigenvalue weighted by Crippen LogP contribution is 2.47. The molecule has 32 heteroatoms. The molecule has 0 aromatic rings. The van der Waals surface area contributed by atoms with Gasteiger partial charge >= 0.3 is 70.5 Å². The highest BCUT2D eigenvalue weighted by Gasteiger charge is 2.32. The third-order valence-electron chi connectivity index (χ3n) is 10.0. The first-order valence-corrected chi connectivity index (χ1v) is 35.7. The van der Waals surface area contributed by atoms with Gasteiger partial charge in [0.15, 0.2) is 12.2 Å². The summed E-state index contributed by atoms with van der Waals surface area (Å²) in [6, 6.07) is 0. The van der Waals surface area contributed by atoms with Crippen molar-refractivity contribution in [2.45, 2.75) is 154 Å². The average Bonchev–Trinajstić information content (AvgIpc) is 3.65. The maximum Gasteiger partial charge on any atom is 0.335 e. The molecule has 0 rings (SSSR count). The molecule has 86 heavy (non-hydrogen) atoms. The summed E-state index contributed by atoms with van der Waals surface area (Å²) >= 11 is 3.18. The smallest absolute Gasteiger partial charge is 0.335 e. The Balaban J connectivity index is -0.000000332. The van der Waals surface area contributed by atoms with Crippen LogP contribution in [0.1, 0.15) is 135 Å². The van der Waals surface area contributed by atoms with E-state index in [1.165, 1.54) is 34.1 Å². The molecule has 0 fully saturated rings. The van der Waals surface area contributed by atoms with Gasteiger partial charge in [0.1, 0.15) is 17.9 Å². The molecule has 0 aliphatic rings. The molecular formula is C54H104BrO28P3. The summed E-state index contributed by atoms with van der Waals surface area (Å²) in [6.45, 7) is 27.8. The van der Waals surface area contributed by atoms with Gasteiger partial charge in [-0.25, -0.2) is 14.4 Å². The Morgan fingerprint density at radius 2 is 0.651 bits per heavy atom. The molecule has 0 amide bonds. The van der Waals surface area contributed by atoms with Crippen LogP contribution in [0.2, 0.25) is 0 Å². The Morgan fingerprint density at radius 3 is 0.907 bits per heavy atom. The van der Waals surface area contributed by atoms with Gasteiger partial charge in [0.25, 0.3) is 0 Å². The van der Waals surface area contributed by atoms with Crippen molar-refractivity contribution in [2.75, 3.05) is 118 Å². The second-order valence-electron chi connectivity index (χ2n) is 18.6. The number of halogens is 1. The molecule has 0 spiro atoms. The normalized spacial score (nSPS) is 15.5. The number of carbonyl (C=O) groups is 8. The minimum absolute atomic E-state index is 0.0232. The number of rotatable bonds is 41. The second kappa shape index (κ2) is 55.6. The summed E-state index contributed by atoms with van der Waals surface area (Å²) in [5, 5.41) is 27.5. The van der Waals surface area contributed by atoms with Crippen LogP contribution < -0.4 is 0 Å². The minimum Gasteiger partial charge on any atom is -0.466 e. The Morgan fingerprint density at radius 1 is 0.384 bits per heavy atom. The third kappa shape index (κ3) is 52.5. The van der Waals surface area contributed by atoms with Crippen molar-refractivity contribution < 1.29 is 132 Å². The van der Waals surface area contributed by atoms with Crippen LogP contribution in [0.5, 0.6) is 0 Å². The van der Waals surface area contributed by atoms with Crippen LogP contribution in [0.3, 0.4) is 0 Å². The van der Waals surface area contributed by atoms with E-state index in [1.807, 2.05) is 27.7 Å². The number of unbranched alkanes of at least 4 members (excludes halogenated alkanes) is 3. The third-order valence-corrected chi connectivity index (χ3v) is 14.9. The SMILES string of the molecule is CCCCOC(=O)C(C)O.CCCCOC(=O)C(C)OP(C)(=O)OC(C)C(=O)OCCCC.CCOC(=O)C(C)CBr.CCOC(=O)C(C)COP(C)(=O)OCC(C)C(=O)OCC.CCOC(=O)C(CO)COP(C)(=O)OCC(CO)C(=O)OCC. The number of carbonyl (C=O) groups excluding carboxylic acids is 8. The lowest BCUT2D eigenvalue weighted by Gasteiger charge is -2.21. The standard InChI is InChI=1S/C15H29O7P.C13H25O9P.C13H25O7P.C7H14O3.C6H11BrO2/c1-6-8-10-19-14(16)12(3)21-23(5,18)22-13(4)15(17)20-11-9-7-2;1-4-19-12(16)10(6-14)8-21-23(3,18)22-9-11(7-15)13(17)20-5-2;1-6-17-12(14)10(3)8-19-21(5,16)20-9-11(4)13(15)18-7-2;1-3-4-5-10-7(9)6(2)8;1-3-9-6(8)5(2)4-7/h12-13H,6-11H2,1-5H3;10-11,14-15H,4-9H2,1-3H3;10-11H,6-9H2,1-5H3;6,8H,3-5H2,1-2H3;5H,3-4H2,1-2H3. The van der Waals surface area contributed by atoms with Crippen LogP contribution in [0.15, 0.2) is 0 Å². The van der Waals surface area contributed by atoms with Crippen LogP contribution >= 0.6 is 38.7 Å². The van der Waals surface area contributed by atoms with E-state index in [2.05, 4.69) is 20.7 Å². The van der Waals surface area contributed by atoms with E-state index in [0.29, 0.717) is 18.5 Å². The fourth-order valence-electron chi connectivity index (χ4n) is 4.98. The second-order valence-corrected chi connectivity index (χ2v) is 25.3. The zero-order valence-electron chi connectivity index (χ0n) is 53.7. The molecular weight excluding hydrogens is 1270 g/mol. The predicted molar refractivity (Wildman–Crippen MR) is 320 cm³/mol. The molecule has 0 saturated heterocycles. The van der Waals surface area contributed by atoms with E-state index in [4.69, 9.17) is 75.6 Å². The monoisotopic (exact) mass is 1370 g/mol. The van der Waals surface area contributed by atoms with Crippen LogP contribution in [-0.2, 0) is 117 Å². The Labute approximate surface area is 518 Å². The highest BCUT2D eigenvalue weighted by molar-refractivity contribution is 9.09. The Hall–Kier alpha value is -3.43. The average molecular weight is 1370 g/mol. The van der Waals surface area contributed by atoms with Gasteiger partial charge < -0.3 is 71.3 Å². The van der Waals surface area contributed by atoms with Crippen molar-refractivity contribution in [3.8, 4) is 0 Å². The topological polar surface area (TPSA) is 378 Å². The molecule has 0 aliphatic carbocycles. The molecule has 3 N–H and O–H groups in total. The van der Waals surface area contributed by atoms with Crippen molar-refractivity contribution in [1.82, 2.24) is 0 Å². The molecule has 0 bridgehead atoms. The largest absolute Gasteiger partial charge is 0.466 e.